The first-order valence-electron chi connectivity index (χ1n) is 5.22. The van der Waals surface area contributed by atoms with Gasteiger partial charge in [0.1, 0.15) is 0 Å². The van der Waals surface area contributed by atoms with E-state index in [1.165, 1.54) is 0 Å². The molecule has 3 rings (SSSR count). The summed E-state index contributed by atoms with van der Waals surface area (Å²) in [5.41, 5.74) is 1.68. The van der Waals surface area contributed by atoms with Gasteiger partial charge in [-0.3, -0.25) is 0 Å². The molecule has 0 saturated heterocycles. The Balaban J connectivity index is 2.24. The topological polar surface area (TPSA) is 143 Å². The van der Waals surface area contributed by atoms with Gasteiger partial charge in [-0.15, -0.1) is 0 Å². The van der Waals surface area contributed by atoms with Crippen LogP contribution in [0.15, 0.2) is 0 Å². The lowest BCUT2D eigenvalue weighted by Crippen LogP contribution is -2.06. The highest BCUT2D eigenvalue weighted by Gasteiger charge is 2.32. The number of aromatic nitrogens is 2. The Labute approximate surface area is 101 Å². The summed E-state index contributed by atoms with van der Waals surface area (Å²) >= 11 is 0. The van der Waals surface area contributed by atoms with Crippen LogP contribution in [0.3, 0.4) is 0 Å². The van der Waals surface area contributed by atoms with Crippen LogP contribution in [-0.2, 0) is 12.8 Å². The molecular weight excluding hydrogens is 240 g/mol. The van der Waals surface area contributed by atoms with Crippen LogP contribution in [0.1, 0.15) is 22.3 Å². The van der Waals surface area contributed by atoms with Gasteiger partial charge in [0, 0.05) is 35.1 Å². The van der Waals surface area contributed by atoms with Crippen LogP contribution in [0.4, 0.5) is 0 Å². The Morgan fingerprint density at radius 2 is 0.833 bits per heavy atom. The maximum absolute atomic E-state index is 9.75. The van der Waals surface area contributed by atoms with Gasteiger partial charge in [-0.1, -0.05) is 0 Å². The summed E-state index contributed by atoms with van der Waals surface area (Å²) in [7, 11) is 0. The first kappa shape index (κ1) is 10.5. The van der Waals surface area contributed by atoms with Crippen LogP contribution in [0.2, 0.25) is 0 Å². The molecule has 2 aromatic rings. The van der Waals surface area contributed by atoms with Gasteiger partial charge in [0.25, 0.3) is 0 Å². The Kier molecular flexibility index (Phi) is 1.74. The molecule has 1 aliphatic rings. The van der Waals surface area contributed by atoms with Crippen molar-refractivity contribution in [2.24, 2.45) is 0 Å². The van der Waals surface area contributed by atoms with Crippen molar-refractivity contribution in [3.63, 3.8) is 0 Å². The van der Waals surface area contributed by atoms with E-state index in [4.69, 9.17) is 11.7 Å². The molecule has 0 amide bonds. The second-order valence-corrected chi connectivity index (χ2v) is 4.30. The molecule has 8 N–H and O–H groups in total. The highest BCUT2D eigenvalue weighted by molar-refractivity contribution is 5.60. The van der Waals surface area contributed by atoms with Crippen LogP contribution < -0.4 is 11.7 Å². The number of fused-ring (bicyclic) bond motifs is 2. The smallest absolute Gasteiger partial charge is 0.216 e. The molecule has 0 saturated carbocycles. The second-order valence-electron chi connectivity index (χ2n) is 4.30. The Morgan fingerprint density at radius 1 is 0.611 bits per heavy atom. The van der Waals surface area contributed by atoms with Crippen molar-refractivity contribution in [2.75, 3.05) is 11.7 Å². The molecule has 0 aromatic carbocycles. The van der Waals surface area contributed by atoms with Crippen molar-refractivity contribution in [3.05, 3.63) is 22.3 Å². The maximum Gasteiger partial charge on any atom is 0.216 e. The van der Waals surface area contributed by atoms with Crippen molar-refractivity contribution < 1.29 is 20.4 Å². The van der Waals surface area contributed by atoms with Crippen molar-refractivity contribution in [3.8, 4) is 23.5 Å². The summed E-state index contributed by atoms with van der Waals surface area (Å²) in [4.78, 5) is 0. The molecule has 0 spiro atoms. The molecule has 0 fully saturated rings. The zero-order valence-corrected chi connectivity index (χ0v) is 9.25. The molecule has 8 nitrogen and oxygen atoms in total. The van der Waals surface area contributed by atoms with Crippen molar-refractivity contribution >= 4 is 0 Å². The van der Waals surface area contributed by atoms with E-state index in [-0.39, 0.29) is 36.4 Å². The molecule has 0 unspecified atom stereocenters. The summed E-state index contributed by atoms with van der Waals surface area (Å²) < 4.78 is 1.53. The summed E-state index contributed by atoms with van der Waals surface area (Å²) in [6, 6.07) is 0. The van der Waals surface area contributed by atoms with E-state index in [0.717, 1.165) is 9.35 Å². The zero-order chi connectivity index (χ0) is 13.2. The fourth-order valence-electron chi connectivity index (χ4n) is 2.42. The third-order valence-electron chi connectivity index (χ3n) is 3.43. The van der Waals surface area contributed by atoms with E-state index in [1.54, 1.807) is 0 Å². The van der Waals surface area contributed by atoms with Gasteiger partial charge in [0.2, 0.25) is 23.5 Å². The highest BCUT2D eigenvalue weighted by Crippen LogP contribution is 2.45. The summed E-state index contributed by atoms with van der Waals surface area (Å²) in [6.45, 7) is 0. The van der Waals surface area contributed by atoms with Crippen LogP contribution in [0.5, 0.6) is 23.5 Å². The van der Waals surface area contributed by atoms with Gasteiger partial charge in [0.05, 0.1) is 0 Å². The first-order chi connectivity index (χ1) is 8.43. The Hall–Kier alpha value is -2.64. The second kappa shape index (κ2) is 2.97. The van der Waals surface area contributed by atoms with E-state index in [0.29, 0.717) is 22.3 Å². The zero-order valence-electron chi connectivity index (χ0n) is 9.25. The lowest BCUT2D eigenvalue weighted by atomic mass is 9.90. The van der Waals surface area contributed by atoms with Gasteiger partial charge in [-0.2, -0.15) is 9.35 Å². The standard InChI is InChI=1S/C10H12N4O4/c11-13-7(15)3-1-4-6(2-5(3)9(13)17)10(18)14(12)8(4)16/h15-18H,1-2,11-12H2. The van der Waals surface area contributed by atoms with E-state index in [2.05, 4.69) is 0 Å². The minimum Gasteiger partial charge on any atom is -0.493 e. The summed E-state index contributed by atoms with van der Waals surface area (Å²) in [5, 5.41) is 39.0. The van der Waals surface area contributed by atoms with E-state index in [9.17, 15) is 20.4 Å². The molecular formula is C10H12N4O4. The van der Waals surface area contributed by atoms with Crippen LogP contribution >= 0.6 is 0 Å². The highest BCUT2D eigenvalue weighted by atomic mass is 16.3. The van der Waals surface area contributed by atoms with E-state index >= 15 is 0 Å². The predicted molar refractivity (Wildman–Crippen MR) is 61.4 cm³/mol. The molecule has 18 heavy (non-hydrogen) atoms. The van der Waals surface area contributed by atoms with Crippen molar-refractivity contribution in [1.82, 2.24) is 9.35 Å². The number of hydrogen-bond donors (Lipinski definition) is 6. The fourth-order valence-corrected chi connectivity index (χ4v) is 2.42. The third-order valence-corrected chi connectivity index (χ3v) is 3.43. The van der Waals surface area contributed by atoms with E-state index < -0.39 is 0 Å². The summed E-state index contributed by atoms with van der Waals surface area (Å²) in [5.74, 6) is 9.84. The minimum absolute atomic E-state index is 0.137. The lowest BCUT2D eigenvalue weighted by Gasteiger charge is -2.12. The Bertz CT molecular complexity index is 561. The van der Waals surface area contributed by atoms with Gasteiger partial charge in [0.15, 0.2) is 0 Å². The molecule has 0 aliphatic heterocycles. The number of nitrogens with two attached hydrogens (primary N) is 2. The van der Waals surface area contributed by atoms with E-state index in [1.807, 2.05) is 0 Å². The van der Waals surface area contributed by atoms with Crippen LogP contribution in [0, 0.1) is 0 Å². The maximum atomic E-state index is 9.75. The largest absolute Gasteiger partial charge is 0.493 e. The molecule has 0 radical (unpaired) electrons. The molecule has 0 bridgehead atoms. The molecule has 1 aliphatic carbocycles. The lowest BCUT2D eigenvalue weighted by molar-refractivity contribution is 0.390. The van der Waals surface area contributed by atoms with Gasteiger partial charge < -0.3 is 32.1 Å². The van der Waals surface area contributed by atoms with Crippen LogP contribution in [-0.4, -0.2) is 29.8 Å². The Morgan fingerprint density at radius 3 is 1.06 bits per heavy atom. The quantitative estimate of drug-likeness (QED) is 0.284. The van der Waals surface area contributed by atoms with Gasteiger partial charge in [-0.25, -0.2) is 0 Å². The summed E-state index contributed by atoms with van der Waals surface area (Å²) in [6.07, 6.45) is 0.274. The molecule has 2 aromatic heterocycles. The third kappa shape index (κ3) is 0.992. The van der Waals surface area contributed by atoms with Gasteiger partial charge >= 0.3 is 0 Å². The van der Waals surface area contributed by atoms with Crippen molar-refractivity contribution in [1.29, 1.82) is 0 Å². The SMILES string of the molecule is Nn1c(O)c2c(c1O)Cc1c(c(O)n(N)c1O)C2. The molecule has 2 heterocycles. The average Bonchev–Trinajstić information content (AvgIpc) is 2.71. The predicted octanol–water partition coefficient (Wildman–Crippen LogP) is -0.965. The van der Waals surface area contributed by atoms with Crippen LogP contribution in [0.25, 0.3) is 0 Å². The van der Waals surface area contributed by atoms with Gasteiger partial charge in [-0.05, 0) is 0 Å². The number of aromatic hydroxyl groups is 4. The normalized spacial score (nSPS) is 13.3. The number of rotatable bonds is 0. The fraction of sp³-hybridized carbons (Fsp3) is 0.200. The van der Waals surface area contributed by atoms with Crippen molar-refractivity contribution in [2.45, 2.75) is 12.8 Å². The monoisotopic (exact) mass is 252 g/mol. The number of nitrogens with zero attached hydrogens (tertiary/aromatic N) is 2. The number of nitrogen functional groups attached to an aromatic ring is 2. The average molecular weight is 252 g/mol. The molecule has 8 heteroatoms. The number of hydrogen-bond acceptors (Lipinski definition) is 6. The first-order valence-corrected chi connectivity index (χ1v) is 5.22. The molecule has 96 valence electrons. The molecule has 0 atom stereocenters. The minimum atomic E-state index is -0.267.